The number of nitrogens with one attached hydrogen (secondary N) is 1. The van der Waals surface area contributed by atoms with Crippen molar-refractivity contribution < 1.29 is 4.92 Å². The van der Waals surface area contributed by atoms with Crippen LogP contribution in [0.25, 0.3) is 0 Å². The van der Waals surface area contributed by atoms with E-state index in [0.29, 0.717) is 17.6 Å². The Morgan fingerprint density at radius 2 is 2.00 bits per heavy atom. The summed E-state index contributed by atoms with van der Waals surface area (Å²) in [4.78, 5) is 10.5. The van der Waals surface area contributed by atoms with E-state index in [1.165, 1.54) is 0 Å². The first-order chi connectivity index (χ1) is 8.97. The molecular formula is C13H18BrN3O2. The van der Waals surface area contributed by atoms with E-state index >= 15 is 0 Å². The lowest BCUT2D eigenvalue weighted by molar-refractivity contribution is -0.385. The van der Waals surface area contributed by atoms with Crippen molar-refractivity contribution in [3.63, 3.8) is 0 Å². The standard InChI is InChI=1S/C13H18BrN3O2/c1-8-6-12(11(14)7-13(8)17(18)19)16-10-4-2-9(15)3-5-10/h6-7,9-10,16H,2-5,15H2,1H3. The molecule has 1 aromatic rings. The van der Waals surface area contributed by atoms with Crippen molar-refractivity contribution in [2.45, 2.75) is 44.7 Å². The topological polar surface area (TPSA) is 81.2 Å². The molecule has 0 aliphatic heterocycles. The van der Waals surface area contributed by atoms with Crippen molar-refractivity contribution in [1.82, 2.24) is 0 Å². The van der Waals surface area contributed by atoms with Gasteiger partial charge in [-0.3, -0.25) is 10.1 Å². The first-order valence-electron chi connectivity index (χ1n) is 6.44. The monoisotopic (exact) mass is 327 g/mol. The molecule has 0 bridgehead atoms. The second kappa shape index (κ2) is 5.88. The summed E-state index contributed by atoms with van der Waals surface area (Å²) in [6, 6.07) is 4.11. The van der Waals surface area contributed by atoms with Crippen molar-refractivity contribution in [1.29, 1.82) is 0 Å². The molecule has 0 amide bonds. The number of nitrogens with two attached hydrogens (primary N) is 1. The van der Waals surface area contributed by atoms with Gasteiger partial charge in [-0.05, 0) is 54.6 Å². The Balaban J connectivity index is 2.13. The van der Waals surface area contributed by atoms with Crippen LogP contribution < -0.4 is 11.1 Å². The third-order valence-corrected chi connectivity index (χ3v) is 4.27. The number of halogens is 1. The zero-order valence-corrected chi connectivity index (χ0v) is 12.4. The fraction of sp³-hybridized carbons (Fsp3) is 0.538. The van der Waals surface area contributed by atoms with Crippen LogP contribution in [-0.2, 0) is 0 Å². The Kier molecular flexibility index (Phi) is 4.42. The highest BCUT2D eigenvalue weighted by atomic mass is 79.9. The number of benzene rings is 1. The summed E-state index contributed by atoms with van der Waals surface area (Å²) in [7, 11) is 0. The number of nitro groups is 1. The highest BCUT2D eigenvalue weighted by Crippen LogP contribution is 2.32. The van der Waals surface area contributed by atoms with Crippen molar-refractivity contribution >= 4 is 27.3 Å². The quantitative estimate of drug-likeness (QED) is 0.658. The maximum atomic E-state index is 10.9. The predicted molar refractivity (Wildman–Crippen MR) is 79.4 cm³/mol. The minimum atomic E-state index is -0.358. The third kappa shape index (κ3) is 3.45. The summed E-state index contributed by atoms with van der Waals surface area (Å²) in [5, 5.41) is 14.3. The Bertz CT molecular complexity index is 485. The highest BCUT2D eigenvalue weighted by molar-refractivity contribution is 9.10. The van der Waals surface area contributed by atoms with E-state index < -0.39 is 0 Å². The normalized spacial score (nSPS) is 23.1. The molecule has 0 radical (unpaired) electrons. The lowest BCUT2D eigenvalue weighted by atomic mass is 9.91. The molecule has 0 spiro atoms. The van der Waals surface area contributed by atoms with E-state index in [9.17, 15) is 10.1 Å². The smallest absolute Gasteiger partial charge is 0.273 e. The number of nitrogens with zero attached hydrogens (tertiary/aromatic N) is 1. The molecule has 1 aliphatic carbocycles. The summed E-state index contributed by atoms with van der Waals surface area (Å²) in [6.07, 6.45) is 4.15. The van der Waals surface area contributed by atoms with Crippen LogP contribution in [0.2, 0.25) is 0 Å². The maximum Gasteiger partial charge on any atom is 0.273 e. The van der Waals surface area contributed by atoms with Crippen molar-refractivity contribution in [3.05, 3.63) is 32.3 Å². The van der Waals surface area contributed by atoms with Gasteiger partial charge in [0.05, 0.1) is 4.92 Å². The van der Waals surface area contributed by atoms with E-state index in [0.717, 1.165) is 35.8 Å². The number of hydrogen-bond acceptors (Lipinski definition) is 4. The molecule has 0 aromatic heterocycles. The van der Waals surface area contributed by atoms with Crippen molar-refractivity contribution in [2.24, 2.45) is 5.73 Å². The van der Waals surface area contributed by atoms with Crippen LogP contribution in [0.5, 0.6) is 0 Å². The van der Waals surface area contributed by atoms with Crippen molar-refractivity contribution in [2.75, 3.05) is 5.32 Å². The van der Waals surface area contributed by atoms with Crippen LogP contribution in [0.3, 0.4) is 0 Å². The largest absolute Gasteiger partial charge is 0.381 e. The van der Waals surface area contributed by atoms with E-state index in [1.54, 1.807) is 13.0 Å². The molecule has 6 heteroatoms. The molecule has 2 rings (SSSR count). The minimum Gasteiger partial charge on any atom is -0.381 e. The fourth-order valence-corrected chi connectivity index (χ4v) is 2.91. The molecule has 19 heavy (non-hydrogen) atoms. The zero-order chi connectivity index (χ0) is 14.0. The van der Waals surface area contributed by atoms with Gasteiger partial charge >= 0.3 is 0 Å². The molecular weight excluding hydrogens is 310 g/mol. The molecule has 1 aliphatic rings. The number of hydrogen-bond donors (Lipinski definition) is 2. The molecule has 104 valence electrons. The van der Waals surface area contributed by atoms with Crippen LogP contribution in [0, 0.1) is 17.0 Å². The number of rotatable bonds is 3. The molecule has 5 nitrogen and oxygen atoms in total. The molecule has 3 N–H and O–H groups in total. The van der Waals surface area contributed by atoms with Gasteiger partial charge in [0.25, 0.3) is 5.69 Å². The lowest BCUT2D eigenvalue weighted by Gasteiger charge is -2.28. The van der Waals surface area contributed by atoms with Gasteiger partial charge in [-0.15, -0.1) is 0 Å². The maximum absolute atomic E-state index is 10.9. The molecule has 0 unspecified atom stereocenters. The fourth-order valence-electron chi connectivity index (χ4n) is 2.46. The number of aryl methyl sites for hydroxylation is 1. The molecule has 1 fully saturated rings. The van der Waals surface area contributed by atoms with Crippen LogP contribution in [0.15, 0.2) is 16.6 Å². The van der Waals surface area contributed by atoms with Crippen LogP contribution in [0.4, 0.5) is 11.4 Å². The van der Waals surface area contributed by atoms with Crippen molar-refractivity contribution in [3.8, 4) is 0 Å². The molecule has 0 atom stereocenters. The van der Waals surface area contributed by atoms with Gasteiger partial charge in [0.1, 0.15) is 0 Å². The van der Waals surface area contributed by atoms with Crippen LogP contribution >= 0.6 is 15.9 Å². The van der Waals surface area contributed by atoms with Gasteiger partial charge in [-0.2, -0.15) is 0 Å². The second-order valence-corrected chi connectivity index (χ2v) is 5.99. The third-order valence-electron chi connectivity index (χ3n) is 3.61. The first-order valence-corrected chi connectivity index (χ1v) is 7.23. The average molecular weight is 328 g/mol. The van der Waals surface area contributed by atoms with E-state index in [1.807, 2.05) is 6.07 Å². The molecule has 0 saturated heterocycles. The highest BCUT2D eigenvalue weighted by Gasteiger charge is 2.20. The second-order valence-electron chi connectivity index (χ2n) is 5.13. The summed E-state index contributed by atoms with van der Waals surface area (Å²) >= 11 is 3.40. The van der Waals surface area contributed by atoms with Crippen LogP contribution in [-0.4, -0.2) is 17.0 Å². The van der Waals surface area contributed by atoms with Gasteiger partial charge in [0.15, 0.2) is 0 Å². The van der Waals surface area contributed by atoms with Gasteiger partial charge < -0.3 is 11.1 Å². The van der Waals surface area contributed by atoms with Gasteiger partial charge in [-0.1, -0.05) is 0 Å². The van der Waals surface area contributed by atoms with E-state index in [4.69, 9.17) is 5.73 Å². The summed E-state index contributed by atoms with van der Waals surface area (Å²) in [5.74, 6) is 0. The summed E-state index contributed by atoms with van der Waals surface area (Å²) in [6.45, 7) is 1.76. The molecule has 1 saturated carbocycles. The number of anilines is 1. The average Bonchev–Trinajstić information content (AvgIpc) is 2.35. The van der Waals surface area contributed by atoms with Gasteiger partial charge in [0, 0.05) is 33.9 Å². The number of nitro benzene ring substituents is 1. The summed E-state index contributed by atoms with van der Waals surface area (Å²) in [5.41, 5.74) is 7.62. The lowest BCUT2D eigenvalue weighted by Crippen LogP contribution is -2.32. The zero-order valence-electron chi connectivity index (χ0n) is 10.9. The van der Waals surface area contributed by atoms with Gasteiger partial charge in [0.2, 0.25) is 0 Å². The van der Waals surface area contributed by atoms with E-state index in [2.05, 4.69) is 21.2 Å². The summed E-state index contributed by atoms with van der Waals surface area (Å²) < 4.78 is 0.736. The first kappa shape index (κ1) is 14.3. The Labute approximate surface area is 120 Å². The molecule has 0 heterocycles. The van der Waals surface area contributed by atoms with Crippen LogP contribution in [0.1, 0.15) is 31.2 Å². The minimum absolute atomic E-state index is 0.142. The van der Waals surface area contributed by atoms with Gasteiger partial charge in [-0.25, -0.2) is 0 Å². The molecule has 1 aromatic carbocycles. The Morgan fingerprint density at radius 3 is 2.58 bits per heavy atom. The predicted octanol–water partition coefficient (Wildman–Crippen LogP) is 3.35. The SMILES string of the molecule is Cc1cc(NC2CCC(N)CC2)c(Br)cc1[N+](=O)[O-]. The van der Waals surface area contributed by atoms with E-state index in [-0.39, 0.29) is 10.6 Å². The Hall–Kier alpha value is -1.14. The Morgan fingerprint density at radius 1 is 1.37 bits per heavy atom.